The lowest BCUT2D eigenvalue weighted by atomic mass is 9.53. The van der Waals surface area contributed by atoms with E-state index in [1.807, 2.05) is 0 Å². The number of rotatable bonds is 0. The van der Waals surface area contributed by atoms with E-state index in [2.05, 4.69) is 26.8 Å². The fourth-order valence-electron chi connectivity index (χ4n) is 4.85. The summed E-state index contributed by atoms with van der Waals surface area (Å²) in [5.41, 5.74) is 1.39. The fourth-order valence-corrected chi connectivity index (χ4v) is 4.85. The second kappa shape index (κ2) is 2.87. The molecule has 5 unspecified atom stereocenters. The molecule has 18 heavy (non-hydrogen) atoms. The first-order chi connectivity index (χ1) is 8.33. The third-order valence-corrected chi connectivity index (χ3v) is 6.40. The van der Waals surface area contributed by atoms with Crippen LogP contribution in [0.15, 0.2) is 11.6 Å². The van der Waals surface area contributed by atoms with Crippen LogP contribution in [0.1, 0.15) is 46.5 Å². The Kier molecular flexibility index (Phi) is 1.82. The normalized spacial score (nSPS) is 61.6. The van der Waals surface area contributed by atoms with Gasteiger partial charge in [0.05, 0.1) is 12.7 Å². The number of hydrogen-bond donors (Lipinski definition) is 1. The number of allylic oxidation sites excluding steroid dienone is 1. The van der Waals surface area contributed by atoms with Gasteiger partial charge in [0, 0.05) is 23.7 Å². The Bertz CT molecular complexity index is 453. The van der Waals surface area contributed by atoms with Gasteiger partial charge in [0.1, 0.15) is 5.60 Å². The average molecular weight is 250 g/mol. The van der Waals surface area contributed by atoms with Gasteiger partial charge in [-0.15, -0.1) is 0 Å². The third kappa shape index (κ3) is 1.08. The first kappa shape index (κ1) is 11.4. The molecule has 2 heterocycles. The Morgan fingerprint density at radius 1 is 1.33 bits per heavy atom. The largest absolute Gasteiger partial charge is 0.369 e. The smallest absolute Gasteiger partial charge is 0.169 e. The van der Waals surface area contributed by atoms with Crippen molar-refractivity contribution in [3.05, 3.63) is 11.6 Å². The van der Waals surface area contributed by atoms with E-state index < -0.39 is 5.79 Å². The van der Waals surface area contributed by atoms with Crippen LogP contribution in [0.3, 0.4) is 0 Å². The number of fused-ring (bicyclic) bond motifs is 5. The molecule has 2 aliphatic carbocycles. The second-order valence-corrected chi connectivity index (χ2v) is 7.38. The van der Waals surface area contributed by atoms with Crippen LogP contribution in [0.2, 0.25) is 0 Å². The molecule has 3 fully saturated rings. The predicted octanol–water partition coefficient (Wildman–Crippen LogP) is 2.39. The summed E-state index contributed by atoms with van der Waals surface area (Å²) in [6, 6.07) is 0. The number of epoxide rings is 1. The van der Waals surface area contributed by atoms with Gasteiger partial charge in [0.25, 0.3) is 0 Å². The Labute approximate surface area is 108 Å². The van der Waals surface area contributed by atoms with Crippen LogP contribution in [0.5, 0.6) is 0 Å². The van der Waals surface area contributed by atoms with Crippen LogP contribution in [0, 0.1) is 10.8 Å². The lowest BCUT2D eigenvalue weighted by Gasteiger charge is -2.56. The molecule has 5 atom stereocenters. The Morgan fingerprint density at radius 3 is 2.72 bits per heavy atom. The topological polar surface area (TPSA) is 42.0 Å². The molecule has 2 aliphatic heterocycles. The SMILES string of the molecule is CC1=CC2OC3(O)CC4(CO4)C(C)(C3)C2(C)CC1. The first-order valence-corrected chi connectivity index (χ1v) is 7.04. The van der Waals surface area contributed by atoms with E-state index in [9.17, 15) is 5.11 Å². The minimum atomic E-state index is -0.969. The molecule has 1 N–H and O–H groups in total. The molecular formula is C15H22O3. The van der Waals surface area contributed by atoms with Gasteiger partial charge in [-0.05, 0) is 19.8 Å². The quantitative estimate of drug-likeness (QED) is 0.530. The zero-order valence-corrected chi connectivity index (χ0v) is 11.5. The van der Waals surface area contributed by atoms with E-state index in [4.69, 9.17) is 9.47 Å². The van der Waals surface area contributed by atoms with E-state index in [0.29, 0.717) is 6.42 Å². The highest BCUT2D eigenvalue weighted by atomic mass is 16.7. The van der Waals surface area contributed by atoms with Crippen molar-refractivity contribution in [1.82, 2.24) is 0 Å². The van der Waals surface area contributed by atoms with Crippen molar-refractivity contribution in [3.63, 3.8) is 0 Å². The average Bonchev–Trinajstić information content (AvgIpc) is 2.98. The van der Waals surface area contributed by atoms with Crippen molar-refractivity contribution in [2.75, 3.05) is 6.61 Å². The van der Waals surface area contributed by atoms with E-state index in [1.54, 1.807) is 0 Å². The molecule has 4 aliphatic rings. The van der Waals surface area contributed by atoms with Crippen molar-refractivity contribution in [2.45, 2.75) is 63.9 Å². The zero-order valence-electron chi connectivity index (χ0n) is 11.5. The van der Waals surface area contributed by atoms with E-state index >= 15 is 0 Å². The van der Waals surface area contributed by atoms with Gasteiger partial charge in [0.2, 0.25) is 0 Å². The summed E-state index contributed by atoms with van der Waals surface area (Å²) < 4.78 is 11.9. The first-order valence-electron chi connectivity index (χ1n) is 7.04. The lowest BCUT2D eigenvalue weighted by molar-refractivity contribution is -0.282. The summed E-state index contributed by atoms with van der Waals surface area (Å²) in [5.74, 6) is -0.969. The van der Waals surface area contributed by atoms with E-state index in [-0.39, 0.29) is 22.5 Å². The molecule has 0 aromatic rings. The minimum absolute atomic E-state index is 0.0366. The highest BCUT2D eigenvalue weighted by Crippen LogP contribution is 2.72. The Hall–Kier alpha value is -0.380. The maximum atomic E-state index is 10.7. The van der Waals surface area contributed by atoms with Gasteiger partial charge >= 0.3 is 0 Å². The Morgan fingerprint density at radius 2 is 2.06 bits per heavy atom. The van der Waals surface area contributed by atoms with Crippen molar-refractivity contribution < 1.29 is 14.6 Å². The molecule has 0 aromatic carbocycles. The molecule has 1 spiro atoms. The summed E-state index contributed by atoms with van der Waals surface area (Å²) in [6.45, 7) is 7.59. The molecule has 4 rings (SSSR count). The lowest BCUT2D eigenvalue weighted by Crippen LogP contribution is -2.57. The molecule has 0 radical (unpaired) electrons. The molecule has 2 saturated heterocycles. The maximum absolute atomic E-state index is 10.7. The number of ether oxygens (including phenoxy) is 2. The number of aliphatic hydroxyl groups is 1. The summed E-state index contributed by atoms with van der Waals surface area (Å²) in [7, 11) is 0. The highest BCUT2D eigenvalue weighted by molar-refractivity contribution is 5.28. The molecule has 3 nitrogen and oxygen atoms in total. The van der Waals surface area contributed by atoms with Gasteiger partial charge in [0.15, 0.2) is 5.79 Å². The molecule has 2 bridgehead atoms. The minimum Gasteiger partial charge on any atom is -0.369 e. The fraction of sp³-hybridized carbons (Fsp3) is 0.867. The third-order valence-electron chi connectivity index (χ3n) is 6.40. The van der Waals surface area contributed by atoms with Crippen molar-refractivity contribution in [1.29, 1.82) is 0 Å². The second-order valence-electron chi connectivity index (χ2n) is 7.38. The Balaban J connectivity index is 1.87. The molecule has 1 saturated carbocycles. The van der Waals surface area contributed by atoms with Gasteiger partial charge in [-0.2, -0.15) is 0 Å². The predicted molar refractivity (Wildman–Crippen MR) is 66.9 cm³/mol. The number of hydrogen-bond acceptors (Lipinski definition) is 3. The van der Waals surface area contributed by atoms with Crippen LogP contribution in [-0.4, -0.2) is 29.2 Å². The van der Waals surface area contributed by atoms with Crippen LogP contribution < -0.4 is 0 Å². The molecule has 0 amide bonds. The van der Waals surface area contributed by atoms with Crippen LogP contribution >= 0.6 is 0 Å². The van der Waals surface area contributed by atoms with Crippen LogP contribution in [-0.2, 0) is 9.47 Å². The van der Waals surface area contributed by atoms with Crippen molar-refractivity contribution >= 4 is 0 Å². The van der Waals surface area contributed by atoms with Crippen LogP contribution in [0.25, 0.3) is 0 Å². The van der Waals surface area contributed by atoms with Crippen molar-refractivity contribution in [2.24, 2.45) is 10.8 Å². The van der Waals surface area contributed by atoms with Crippen LogP contribution in [0.4, 0.5) is 0 Å². The van der Waals surface area contributed by atoms with Gasteiger partial charge < -0.3 is 14.6 Å². The van der Waals surface area contributed by atoms with Crippen molar-refractivity contribution in [3.8, 4) is 0 Å². The summed E-state index contributed by atoms with van der Waals surface area (Å²) in [4.78, 5) is 0. The monoisotopic (exact) mass is 250 g/mol. The summed E-state index contributed by atoms with van der Waals surface area (Å²) in [5, 5.41) is 10.7. The van der Waals surface area contributed by atoms with E-state index in [0.717, 1.165) is 25.9 Å². The van der Waals surface area contributed by atoms with Gasteiger partial charge in [-0.3, -0.25) is 0 Å². The van der Waals surface area contributed by atoms with E-state index in [1.165, 1.54) is 5.57 Å². The summed E-state index contributed by atoms with van der Waals surface area (Å²) in [6.07, 6.45) is 5.92. The zero-order chi connectivity index (χ0) is 12.8. The summed E-state index contributed by atoms with van der Waals surface area (Å²) >= 11 is 0. The van der Waals surface area contributed by atoms with Gasteiger partial charge in [-0.1, -0.05) is 25.5 Å². The highest BCUT2D eigenvalue weighted by Gasteiger charge is 2.78. The molecular weight excluding hydrogens is 228 g/mol. The molecule has 0 aromatic heterocycles. The van der Waals surface area contributed by atoms with Gasteiger partial charge in [-0.25, -0.2) is 0 Å². The molecule has 3 heteroatoms. The standard InChI is InChI=1S/C15H22O3/c1-10-4-5-12(2)11(6-10)18-15(16)7-13(12,3)14(8-15)9-17-14/h6,11,16H,4-5,7-9H2,1-3H3. The maximum Gasteiger partial charge on any atom is 0.169 e. The molecule has 100 valence electrons.